The lowest BCUT2D eigenvalue weighted by atomic mass is 9.78. The molecule has 1 saturated heterocycles. The van der Waals surface area contributed by atoms with Gasteiger partial charge in [-0.3, -0.25) is 9.59 Å². The summed E-state index contributed by atoms with van der Waals surface area (Å²) in [6.07, 6.45) is 9.37. The molecule has 8 aromatic rings. The predicted molar refractivity (Wildman–Crippen MR) is 286 cm³/mol. The van der Waals surface area contributed by atoms with E-state index in [2.05, 4.69) is 66.9 Å². The van der Waals surface area contributed by atoms with Gasteiger partial charge in [0.15, 0.2) is 11.6 Å². The molecule has 6 aromatic heterocycles. The number of nitrogens with one attached hydrogen (secondary N) is 2. The Kier molecular flexibility index (Phi) is 16.5. The van der Waals surface area contributed by atoms with Gasteiger partial charge in [0.25, 0.3) is 11.8 Å². The Morgan fingerprint density at radius 1 is 0.632 bits per heavy atom. The Hall–Kier alpha value is -7.24. The summed E-state index contributed by atoms with van der Waals surface area (Å²) in [5.74, 6) is 0.929. The molecule has 2 amide bonds. The van der Waals surface area contributed by atoms with Crippen LogP contribution in [0.3, 0.4) is 0 Å². The lowest BCUT2D eigenvalue weighted by molar-refractivity contribution is 0.00578. The molecule has 390 valence electrons. The largest absolute Gasteiger partial charge is 0.494 e. The monoisotopic (exact) mass is 1130 g/mol. The van der Waals surface area contributed by atoms with Crippen LogP contribution >= 0.6 is 39.1 Å². The van der Waals surface area contributed by atoms with Crippen molar-refractivity contribution >= 4 is 75.2 Å². The third-order valence-corrected chi connectivity index (χ3v) is 13.6. The number of anilines is 2. The zero-order chi connectivity index (χ0) is 53.6. The van der Waals surface area contributed by atoms with Crippen molar-refractivity contribution in [3.8, 4) is 45.7 Å². The Morgan fingerprint density at radius 2 is 1.14 bits per heavy atom. The van der Waals surface area contributed by atoms with E-state index >= 15 is 0 Å². The van der Waals surface area contributed by atoms with Gasteiger partial charge in [0.05, 0.1) is 45.6 Å². The van der Waals surface area contributed by atoms with Gasteiger partial charge in [-0.1, -0.05) is 47.5 Å². The molecule has 11 rings (SSSR count). The lowest BCUT2D eigenvalue weighted by Crippen LogP contribution is -2.41. The van der Waals surface area contributed by atoms with Crippen LogP contribution in [0.5, 0.6) is 11.5 Å². The number of amides is 2. The first-order valence-electron chi connectivity index (χ1n) is 24.0. The number of hydrogen-bond donors (Lipinski definition) is 2. The zero-order valence-electron chi connectivity index (χ0n) is 41.4. The second kappa shape index (κ2) is 23.3. The summed E-state index contributed by atoms with van der Waals surface area (Å²) in [6.45, 7) is 10.4. The van der Waals surface area contributed by atoms with Gasteiger partial charge in [0.1, 0.15) is 47.2 Å². The van der Waals surface area contributed by atoms with Gasteiger partial charge in [-0.15, -0.1) is 20.4 Å². The van der Waals surface area contributed by atoms with Crippen LogP contribution in [0.2, 0.25) is 10.0 Å². The predicted octanol–water partition coefficient (Wildman–Crippen LogP) is 10.3. The molecule has 0 radical (unpaired) electrons. The van der Waals surface area contributed by atoms with E-state index < -0.39 is 36.1 Å². The standard InChI is InChI=1S/C24H28BN5O4.C23H18ClFN6O2.C5H2BrClFN/c1-23(2)24(3,4)34-25(33-23)16-10-11-19-17(14-16)22(31)28-20-9-7-8-18(27-20)21-29-26-15-30(21)12-5-6-13-32-19;24-17-11-15(12-26-21(17)25)14-6-7-19-16(10-14)23(32)29-20-5-3-4-18(28-20)22-30-27-13-31(22)8-1-2-9-33-19;6-3-1-4(7)5(8)9-2-3/h7-11,14-15H,5-6,12-13H2,1-4H3,(H,27,28,31);3-7,10-13H,1-2,8-9H2,(H,28,29,32);1-2H. The minimum Gasteiger partial charge on any atom is -0.493 e. The Bertz CT molecular complexity index is 3410. The number of ether oxygens (including phenoxy) is 2. The summed E-state index contributed by atoms with van der Waals surface area (Å²) in [6, 6.07) is 24.3. The first-order valence-corrected chi connectivity index (χ1v) is 25.6. The molecule has 0 spiro atoms. The van der Waals surface area contributed by atoms with Crippen LogP contribution in [-0.2, 0) is 22.4 Å². The van der Waals surface area contributed by atoms with Crippen molar-refractivity contribution in [2.24, 2.45) is 0 Å². The molecule has 1 fully saturated rings. The quantitative estimate of drug-likeness (QED) is 0.122. The molecule has 3 aliphatic heterocycles. The van der Waals surface area contributed by atoms with Gasteiger partial charge in [-0.2, -0.15) is 8.78 Å². The molecule has 0 aliphatic carbocycles. The maximum atomic E-state index is 13.5. The number of aromatic nitrogens is 10. The summed E-state index contributed by atoms with van der Waals surface area (Å²) in [7, 11) is -0.580. The normalized spacial score (nSPS) is 15.8. The van der Waals surface area contributed by atoms with Crippen LogP contribution in [-0.4, -0.2) is 92.8 Å². The van der Waals surface area contributed by atoms with E-state index in [1.807, 2.05) is 67.2 Å². The summed E-state index contributed by atoms with van der Waals surface area (Å²) < 4.78 is 54.6. The fourth-order valence-corrected chi connectivity index (χ4v) is 8.75. The summed E-state index contributed by atoms with van der Waals surface area (Å²) in [5, 5.41) is 22.1. The van der Waals surface area contributed by atoms with E-state index in [1.54, 1.807) is 55.1 Å². The first-order chi connectivity index (χ1) is 36.5. The van der Waals surface area contributed by atoms with E-state index in [9.17, 15) is 18.4 Å². The van der Waals surface area contributed by atoms with Crippen molar-refractivity contribution in [1.29, 1.82) is 0 Å². The average molecular weight is 1140 g/mol. The number of carbonyl (C=O) groups is 2. The maximum absolute atomic E-state index is 13.5. The van der Waals surface area contributed by atoms with Crippen molar-refractivity contribution in [2.75, 3.05) is 23.8 Å². The Balaban J connectivity index is 0.000000160. The third kappa shape index (κ3) is 12.5. The Labute approximate surface area is 454 Å². The van der Waals surface area contributed by atoms with Crippen LogP contribution in [0.15, 0.2) is 114 Å². The Morgan fingerprint density at radius 3 is 1.67 bits per heavy atom. The second-order valence-electron chi connectivity index (χ2n) is 18.5. The number of nitrogens with zero attached hydrogens (tertiary/aromatic N) is 10. The molecular formula is C52H48BBrCl2F2N12O6. The highest BCUT2D eigenvalue weighted by molar-refractivity contribution is 9.10. The van der Waals surface area contributed by atoms with Crippen molar-refractivity contribution < 1.29 is 37.2 Å². The number of aryl methyl sites for hydroxylation is 2. The topological polar surface area (TPSA) is 208 Å². The third-order valence-electron chi connectivity index (χ3n) is 12.7. The highest BCUT2D eigenvalue weighted by atomic mass is 79.9. The maximum Gasteiger partial charge on any atom is 0.494 e. The van der Waals surface area contributed by atoms with E-state index in [4.69, 9.17) is 42.0 Å². The van der Waals surface area contributed by atoms with Crippen molar-refractivity contribution in [2.45, 2.75) is 77.7 Å². The van der Waals surface area contributed by atoms with Crippen molar-refractivity contribution in [3.63, 3.8) is 0 Å². The van der Waals surface area contributed by atoms with Gasteiger partial charge in [-0.25, -0.2) is 19.9 Å². The first kappa shape index (κ1) is 53.6. The minimum absolute atomic E-state index is 0.0318. The summed E-state index contributed by atoms with van der Waals surface area (Å²) >= 11 is 14.3. The van der Waals surface area contributed by atoms with Gasteiger partial charge < -0.3 is 38.6 Å². The van der Waals surface area contributed by atoms with Gasteiger partial charge in [-0.05, 0) is 141 Å². The second-order valence-corrected chi connectivity index (χ2v) is 20.2. The summed E-state index contributed by atoms with van der Waals surface area (Å²) in [4.78, 5) is 42.7. The number of benzene rings is 2. The minimum atomic E-state index is -0.749. The molecular weight excluding hydrogens is 1090 g/mol. The average Bonchev–Trinajstić information content (AvgIpc) is 4.13. The number of pyridine rings is 4. The molecule has 3 aliphatic rings. The van der Waals surface area contributed by atoms with Crippen LogP contribution < -0.4 is 25.6 Å². The highest BCUT2D eigenvalue weighted by Crippen LogP contribution is 2.37. The van der Waals surface area contributed by atoms with Crippen LogP contribution in [0.1, 0.15) is 74.1 Å². The molecule has 76 heavy (non-hydrogen) atoms. The number of rotatable bonds is 2. The lowest BCUT2D eigenvalue weighted by Gasteiger charge is -2.32. The molecule has 0 saturated carbocycles. The number of carbonyl (C=O) groups excluding carboxylic acids is 2. The van der Waals surface area contributed by atoms with E-state index in [1.165, 1.54) is 24.5 Å². The van der Waals surface area contributed by atoms with E-state index in [-0.39, 0.29) is 16.0 Å². The van der Waals surface area contributed by atoms with Gasteiger partial charge in [0.2, 0.25) is 11.9 Å². The van der Waals surface area contributed by atoms with E-state index in [0.717, 1.165) is 37.7 Å². The highest BCUT2D eigenvalue weighted by Gasteiger charge is 2.52. The molecule has 4 bridgehead atoms. The zero-order valence-corrected chi connectivity index (χ0v) is 44.5. The smallest absolute Gasteiger partial charge is 0.493 e. The van der Waals surface area contributed by atoms with Crippen LogP contribution in [0.25, 0.3) is 34.2 Å². The fourth-order valence-electron chi connectivity index (χ4n) is 7.96. The van der Waals surface area contributed by atoms with Crippen molar-refractivity contribution in [1.82, 2.24) is 49.5 Å². The number of fused-ring (bicyclic) bond motifs is 10. The van der Waals surface area contributed by atoms with Gasteiger partial charge >= 0.3 is 7.12 Å². The molecule has 2 N–H and O–H groups in total. The van der Waals surface area contributed by atoms with Crippen molar-refractivity contribution in [3.05, 3.63) is 148 Å². The molecule has 0 atom stereocenters. The molecule has 0 unspecified atom stereocenters. The molecule has 24 heteroatoms. The fraction of sp³-hybridized carbons (Fsp3) is 0.269. The number of halogens is 5. The van der Waals surface area contributed by atoms with Crippen LogP contribution in [0, 0.1) is 11.9 Å². The van der Waals surface area contributed by atoms with Crippen LogP contribution in [0.4, 0.5) is 20.4 Å². The summed E-state index contributed by atoms with van der Waals surface area (Å²) in [5.41, 5.74) is 3.01. The molecule has 2 aromatic carbocycles. The van der Waals surface area contributed by atoms with E-state index in [0.29, 0.717) is 92.7 Å². The van der Waals surface area contributed by atoms with Gasteiger partial charge in [0, 0.05) is 35.5 Å². The number of hydrogen-bond acceptors (Lipinski definition) is 14. The molecule has 18 nitrogen and oxygen atoms in total. The SMILES string of the molecule is CC1(C)OB(c2ccc3c(c2)C(=O)Nc2cccc(n2)-c2nncn2CCCCO3)OC1(C)C.Fc1ncc(Br)cc1Cl.O=C1Nc2cccc(n2)-c2nncn2CCCCOc2ccc(-c3cnc(F)c(Cl)c3)cc21. The molecule has 9 heterocycles.